The van der Waals surface area contributed by atoms with E-state index in [9.17, 15) is 19.3 Å². The number of nitro groups is 1. The lowest BCUT2D eigenvalue weighted by Gasteiger charge is -2.35. The van der Waals surface area contributed by atoms with E-state index in [1.54, 1.807) is 23.1 Å². The van der Waals surface area contributed by atoms with Crippen LogP contribution in [0.1, 0.15) is 5.56 Å². The molecule has 1 fully saturated rings. The van der Waals surface area contributed by atoms with Crippen LogP contribution in [-0.4, -0.2) is 46.9 Å². The molecular weight excluding hydrogens is 327 g/mol. The number of halogens is 1. The van der Waals surface area contributed by atoms with Crippen molar-refractivity contribution in [2.45, 2.75) is 6.42 Å². The van der Waals surface area contributed by atoms with Gasteiger partial charge in [-0.2, -0.15) is 0 Å². The molecule has 1 amide bonds. The molecule has 2 aromatic rings. The standard InChI is InChI=1S/C17H17FN4O3/c18-14-3-1-2-13(10-14)11-17(23)21-8-6-20(7-9-21)15-4-5-16(19-12-15)22(24)25/h1-5,10,12H,6-9,11H2. The van der Waals surface area contributed by atoms with Gasteiger partial charge in [0.1, 0.15) is 5.82 Å². The zero-order valence-corrected chi connectivity index (χ0v) is 13.5. The fourth-order valence-corrected chi connectivity index (χ4v) is 2.82. The number of piperazine rings is 1. The first kappa shape index (κ1) is 16.8. The van der Waals surface area contributed by atoms with Gasteiger partial charge in [-0.1, -0.05) is 12.1 Å². The lowest BCUT2D eigenvalue weighted by atomic mass is 10.1. The molecule has 1 aliphatic heterocycles. The van der Waals surface area contributed by atoms with Crippen molar-refractivity contribution in [2.75, 3.05) is 31.1 Å². The molecule has 0 aliphatic carbocycles. The molecule has 130 valence electrons. The average Bonchev–Trinajstić information content (AvgIpc) is 2.62. The van der Waals surface area contributed by atoms with Crippen LogP contribution in [0.2, 0.25) is 0 Å². The number of hydrogen-bond acceptors (Lipinski definition) is 5. The first-order valence-corrected chi connectivity index (χ1v) is 7.90. The Morgan fingerprint density at radius 2 is 1.96 bits per heavy atom. The molecule has 0 bridgehead atoms. The van der Waals surface area contributed by atoms with Crippen molar-refractivity contribution in [1.29, 1.82) is 0 Å². The molecule has 0 unspecified atom stereocenters. The van der Waals surface area contributed by atoms with Gasteiger partial charge in [-0.05, 0) is 33.7 Å². The number of carbonyl (C=O) groups is 1. The van der Waals surface area contributed by atoms with Crippen molar-refractivity contribution in [2.24, 2.45) is 0 Å². The number of nitrogens with zero attached hydrogens (tertiary/aromatic N) is 4. The zero-order valence-electron chi connectivity index (χ0n) is 13.5. The third kappa shape index (κ3) is 4.09. The Hall–Kier alpha value is -3.03. The summed E-state index contributed by atoms with van der Waals surface area (Å²) < 4.78 is 13.2. The van der Waals surface area contributed by atoms with Crippen molar-refractivity contribution in [3.63, 3.8) is 0 Å². The largest absolute Gasteiger partial charge is 0.365 e. The van der Waals surface area contributed by atoms with Crippen LogP contribution < -0.4 is 4.90 Å². The average molecular weight is 344 g/mol. The minimum atomic E-state index is -0.535. The third-order valence-electron chi connectivity index (χ3n) is 4.16. The van der Waals surface area contributed by atoms with Crippen molar-refractivity contribution < 1.29 is 14.1 Å². The number of hydrogen-bond donors (Lipinski definition) is 0. The van der Waals surface area contributed by atoms with E-state index in [0.717, 1.165) is 5.69 Å². The maximum Gasteiger partial charge on any atom is 0.363 e. The van der Waals surface area contributed by atoms with E-state index >= 15 is 0 Å². The van der Waals surface area contributed by atoms with Gasteiger partial charge >= 0.3 is 5.82 Å². The van der Waals surface area contributed by atoms with Crippen molar-refractivity contribution in [3.8, 4) is 0 Å². The fraction of sp³-hybridized carbons (Fsp3) is 0.294. The Morgan fingerprint density at radius 1 is 1.20 bits per heavy atom. The summed E-state index contributed by atoms with van der Waals surface area (Å²) in [4.78, 5) is 30.0. The van der Waals surface area contributed by atoms with Crippen LogP contribution in [-0.2, 0) is 11.2 Å². The van der Waals surface area contributed by atoms with E-state index in [2.05, 4.69) is 4.98 Å². The monoisotopic (exact) mass is 344 g/mol. The van der Waals surface area contributed by atoms with Gasteiger partial charge in [0.2, 0.25) is 5.91 Å². The maximum absolute atomic E-state index is 13.2. The van der Waals surface area contributed by atoms with Crippen LogP contribution in [0.5, 0.6) is 0 Å². The number of carbonyl (C=O) groups excluding carboxylic acids is 1. The first-order valence-electron chi connectivity index (χ1n) is 7.90. The van der Waals surface area contributed by atoms with Crippen LogP contribution in [0, 0.1) is 15.9 Å². The summed E-state index contributed by atoms with van der Waals surface area (Å²) >= 11 is 0. The van der Waals surface area contributed by atoms with Gasteiger partial charge in [0.25, 0.3) is 0 Å². The van der Waals surface area contributed by atoms with Crippen LogP contribution in [0.4, 0.5) is 15.9 Å². The lowest BCUT2D eigenvalue weighted by molar-refractivity contribution is -0.389. The molecule has 0 spiro atoms. The van der Waals surface area contributed by atoms with Crippen LogP contribution in [0.3, 0.4) is 0 Å². The summed E-state index contributed by atoms with van der Waals surface area (Å²) in [6, 6.07) is 9.09. The predicted molar refractivity (Wildman–Crippen MR) is 89.8 cm³/mol. The molecule has 0 atom stereocenters. The molecule has 1 aliphatic rings. The summed E-state index contributed by atoms with van der Waals surface area (Å²) in [6.07, 6.45) is 1.65. The highest BCUT2D eigenvalue weighted by molar-refractivity contribution is 5.79. The fourth-order valence-electron chi connectivity index (χ4n) is 2.82. The first-order chi connectivity index (χ1) is 12.0. The van der Waals surface area contributed by atoms with E-state index < -0.39 is 4.92 Å². The third-order valence-corrected chi connectivity index (χ3v) is 4.16. The quantitative estimate of drug-likeness (QED) is 0.626. The Balaban J connectivity index is 1.56. The predicted octanol–water partition coefficient (Wildman–Crippen LogP) is 2.02. The second-order valence-electron chi connectivity index (χ2n) is 5.81. The topological polar surface area (TPSA) is 79.6 Å². The minimum Gasteiger partial charge on any atom is -0.365 e. The Labute approximate surface area is 143 Å². The summed E-state index contributed by atoms with van der Waals surface area (Å²) in [5.74, 6) is -0.569. The van der Waals surface area contributed by atoms with Gasteiger partial charge in [0, 0.05) is 32.2 Å². The Morgan fingerprint density at radius 3 is 2.56 bits per heavy atom. The smallest absolute Gasteiger partial charge is 0.363 e. The molecule has 25 heavy (non-hydrogen) atoms. The normalized spacial score (nSPS) is 14.4. The minimum absolute atomic E-state index is 0.0351. The number of amides is 1. The molecule has 0 radical (unpaired) electrons. The molecule has 2 heterocycles. The molecule has 1 saturated heterocycles. The van der Waals surface area contributed by atoms with E-state index in [1.165, 1.54) is 24.4 Å². The molecule has 0 saturated carbocycles. The van der Waals surface area contributed by atoms with Gasteiger partial charge in [0.05, 0.1) is 12.1 Å². The Bertz CT molecular complexity index is 774. The molecule has 8 heteroatoms. The molecule has 3 rings (SSSR count). The summed E-state index contributed by atoms with van der Waals surface area (Å²) in [6.45, 7) is 2.33. The molecule has 0 N–H and O–H groups in total. The van der Waals surface area contributed by atoms with Gasteiger partial charge in [0.15, 0.2) is 6.20 Å². The van der Waals surface area contributed by atoms with Crippen LogP contribution in [0.25, 0.3) is 0 Å². The Kier molecular flexibility index (Phi) is 4.87. The number of aromatic nitrogens is 1. The molecule has 1 aromatic heterocycles. The van der Waals surface area contributed by atoms with E-state index in [-0.39, 0.29) is 24.0 Å². The van der Waals surface area contributed by atoms with Crippen LogP contribution >= 0.6 is 0 Å². The summed E-state index contributed by atoms with van der Waals surface area (Å²) in [7, 11) is 0. The number of rotatable bonds is 4. The highest BCUT2D eigenvalue weighted by atomic mass is 19.1. The number of pyridine rings is 1. The number of benzene rings is 1. The maximum atomic E-state index is 13.2. The van der Waals surface area contributed by atoms with Gasteiger partial charge in [-0.15, -0.1) is 0 Å². The van der Waals surface area contributed by atoms with E-state index in [0.29, 0.717) is 31.7 Å². The van der Waals surface area contributed by atoms with E-state index in [4.69, 9.17) is 0 Å². The SMILES string of the molecule is O=C(Cc1cccc(F)c1)N1CCN(c2ccc([N+](=O)[O-])nc2)CC1. The van der Waals surface area contributed by atoms with Crippen molar-refractivity contribution in [1.82, 2.24) is 9.88 Å². The second kappa shape index (κ2) is 7.25. The second-order valence-corrected chi connectivity index (χ2v) is 5.81. The van der Waals surface area contributed by atoms with Gasteiger partial charge in [-0.25, -0.2) is 4.39 Å². The molecule has 7 nitrogen and oxygen atoms in total. The van der Waals surface area contributed by atoms with E-state index in [1.807, 2.05) is 4.90 Å². The van der Waals surface area contributed by atoms with Crippen LogP contribution in [0.15, 0.2) is 42.6 Å². The molecule has 1 aromatic carbocycles. The number of anilines is 1. The molecular formula is C17H17FN4O3. The van der Waals surface area contributed by atoms with Crippen molar-refractivity contribution in [3.05, 3.63) is 64.1 Å². The van der Waals surface area contributed by atoms with Gasteiger partial charge in [-0.3, -0.25) is 4.79 Å². The summed E-state index contributed by atoms with van der Waals surface area (Å²) in [5.41, 5.74) is 1.45. The van der Waals surface area contributed by atoms with Gasteiger partial charge < -0.3 is 19.9 Å². The zero-order chi connectivity index (χ0) is 17.8. The van der Waals surface area contributed by atoms with Crippen molar-refractivity contribution >= 4 is 17.4 Å². The highest BCUT2D eigenvalue weighted by Crippen LogP contribution is 2.18. The summed E-state index contributed by atoms with van der Waals surface area (Å²) in [5, 5.41) is 10.6. The highest BCUT2D eigenvalue weighted by Gasteiger charge is 2.22. The lowest BCUT2D eigenvalue weighted by Crippen LogP contribution is -2.49.